The Kier molecular flexibility index (Phi) is 5.10. The molecule has 0 aliphatic carbocycles. The lowest BCUT2D eigenvalue weighted by Crippen LogP contribution is -2.39. The second kappa shape index (κ2) is 7.83. The molecule has 0 spiro atoms. The molecule has 0 saturated carbocycles. The maximum Gasteiger partial charge on any atom is 0.272 e. The zero-order valence-electron chi connectivity index (χ0n) is 15.2. The van der Waals surface area contributed by atoms with Gasteiger partial charge < -0.3 is 20.3 Å². The van der Waals surface area contributed by atoms with Gasteiger partial charge in [0.15, 0.2) is 0 Å². The summed E-state index contributed by atoms with van der Waals surface area (Å²) in [5.74, 6) is 0.683. The number of likely N-dealkylation sites (tertiary alicyclic amines) is 1. The number of hydrogen-bond acceptors (Lipinski definition) is 8. The Morgan fingerprint density at radius 1 is 1.00 bits per heavy atom. The summed E-state index contributed by atoms with van der Waals surface area (Å²) < 4.78 is 5.42. The Hall–Kier alpha value is -2.81. The fraction of sp³-hybridized carbons (Fsp3) is 0.500. The van der Waals surface area contributed by atoms with E-state index in [0.717, 1.165) is 25.9 Å². The smallest absolute Gasteiger partial charge is 0.272 e. The number of aromatic nitrogens is 4. The van der Waals surface area contributed by atoms with Gasteiger partial charge in [0, 0.05) is 44.1 Å². The number of hydrogen-bond donors (Lipinski definition) is 1. The molecule has 2 aliphatic rings. The summed E-state index contributed by atoms with van der Waals surface area (Å²) in [7, 11) is 0. The van der Waals surface area contributed by atoms with Crippen LogP contribution in [0.2, 0.25) is 0 Å². The first-order valence-corrected chi connectivity index (χ1v) is 9.30. The topological polar surface area (TPSA) is 110 Å². The van der Waals surface area contributed by atoms with E-state index in [1.807, 2.05) is 9.80 Å². The molecule has 9 nitrogen and oxygen atoms in total. The molecule has 0 bridgehead atoms. The summed E-state index contributed by atoms with van der Waals surface area (Å²) >= 11 is 0. The van der Waals surface area contributed by atoms with Crippen LogP contribution >= 0.6 is 0 Å². The van der Waals surface area contributed by atoms with Crippen LogP contribution in [-0.4, -0.2) is 70.1 Å². The largest absolute Gasteiger partial charge is 0.378 e. The predicted octanol–water partition coefficient (Wildman–Crippen LogP) is 0.978. The maximum atomic E-state index is 13.0. The lowest BCUT2D eigenvalue weighted by Gasteiger charge is -2.29. The van der Waals surface area contributed by atoms with Gasteiger partial charge in [-0.1, -0.05) is 0 Å². The minimum Gasteiger partial charge on any atom is -0.378 e. The zero-order chi connectivity index (χ0) is 18.6. The number of morpholine rings is 1. The van der Waals surface area contributed by atoms with E-state index in [9.17, 15) is 4.79 Å². The average Bonchev–Trinajstić information content (AvgIpc) is 2.74. The molecule has 4 rings (SSSR count). The molecule has 0 radical (unpaired) electrons. The molecule has 9 heteroatoms. The van der Waals surface area contributed by atoms with Gasteiger partial charge in [-0.15, -0.1) is 0 Å². The number of anilines is 2. The summed E-state index contributed by atoms with van der Waals surface area (Å²) in [4.78, 5) is 34.2. The van der Waals surface area contributed by atoms with Crippen LogP contribution in [-0.2, 0) is 4.74 Å². The van der Waals surface area contributed by atoms with Crippen LogP contribution in [0.3, 0.4) is 0 Å². The van der Waals surface area contributed by atoms with Gasteiger partial charge in [-0.3, -0.25) is 4.79 Å². The molecule has 2 aromatic rings. The number of ether oxygens (including phenoxy) is 1. The molecule has 27 heavy (non-hydrogen) atoms. The summed E-state index contributed by atoms with van der Waals surface area (Å²) in [6.07, 6.45) is 6.46. The molecule has 0 atom stereocenters. The van der Waals surface area contributed by atoms with Crippen LogP contribution in [0.15, 0.2) is 18.5 Å². The second-order valence-corrected chi connectivity index (χ2v) is 6.72. The van der Waals surface area contributed by atoms with Crippen molar-refractivity contribution in [3.63, 3.8) is 0 Å². The number of carbonyl (C=O) groups is 1. The first-order valence-electron chi connectivity index (χ1n) is 9.30. The number of nitrogens with zero attached hydrogens (tertiary/aromatic N) is 6. The molecule has 2 saturated heterocycles. The summed E-state index contributed by atoms with van der Waals surface area (Å²) in [6, 6.07) is 1.72. The van der Waals surface area contributed by atoms with Crippen molar-refractivity contribution in [1.82, 2.24) is 24.8 Å². The Labute approximate surface area is 157 Å². The van der Waals surface area contributed by atoms with E-state index < -0.39 is 0 Å². The van der Waals surface area contributed by atoms with E-state index in [1.54, 1.807) is 18.5 Å². The summed E-state index contributed by atoms with van der Waals surface area (Å²) in [5.41, 5.74) is 7.31. The van der Waals surface area contributed by atoms with E-state index in [4.69, 9.17) is 10.5 Å². The first kappa shape index (κ1) is 17.6. The minimum absolute atomic E-state index is 0.0516. The van der Waals surface area contributed by atoms with Crippen molar-refractivity contribution >= 4 is 17.8 Å². The predicted molar refractivity (Wildman–Crippen MR) is 100 cm³/mol. The maximum absolute atomic E-state index is 13.0. The van der Waals surface area contributed by atoms with Crippen LogP contribution < -0.4 is 10.6 Å². The molecule has 2 aliphatic heterocycles. The fourth-order valence-corrected chi connectivity index (χ4v) is 3.33. The van der Waals surface area contributed by atoms with Gasteiger partial charge in [-0.25, -0.2) is 19.9 Å². The second-order valence-electron chi connectivity index (χ2n) is 6.72. The van der Waals surface area contributed by atoms with Gasteiger partial charge in [0.2, 0.25) is 11.9 Å². The van der Waals surface area contributed by atoms with Gasteiger partial charge in [0.1, 0.15) is 5.69 Å². The third kappa shape index (κ3) is 3.97. The zero-order valence-corrected chi connectivity index (χ0v) is 15.2. The minimum atomic E-state index is -0.0516. The van der Waals surface area contributed by atoms with Crippen molar-refractivity contribution in [3.8, 4) is 11.3 Å². The molecule has 2 fully saturated rings. The van der Waals surface area contributed by atoms with Crippen LogP contribution in [0.1, 0.15) is 29.8 Å². The van der Waals surface area contributed by atoms with Crippen LogP contribution in [0.4, 0.5) is 11.9 Å². The van der Waals surface area contributed by atoms with Gasteiger partial charge in [0.25, 0.3) is 5.91 Å². The van der Waals surface area contributed by atoms with Crippen molar-refractivity contribution < 1.29 is 9.53 Å². The number of carbonyl (C=O) groups excluding carboxylic acids is 1. The van der Waals surface area contributed by atoms with Crippen molar-refractivity contribution in [2.45, 2.75) is 19.3 Å². The van der Waals surface area contributed by atoms with E-state index in [1.165, 1.54) is 6.42 Å². The molecule has 4 heterocycles. The number of nitrogens with two attached hydrogens (primary N) is 1. The number of rotatable bonds is 3. The molecular formula is C18H23N7O2. The standard InChI is InChI=1S/C18H23N7O2/c19-17-20-11-13(12-21-17)14-10-15(16(26)24-4-2-1-3-5-24)23-18(22-14)25-6-8-27-9-7-25/h10-12H,1-9H2,(H2,19,20,21). The first-order chi connectivity index (χ1) is 13.2. The lowest BCUT2D eigenvalue weighted by atomic mass is 10.1. The van der Waals surface area contributed by atoms with Crippen LogP contribution in [0.5, 0.6) is 0 Å². The van der Waals surface area contributed by atoms with E-state index in [0.29, 0.717) is 49.2 Å². The molecule has 142 valence electrons. The van der Waals surface area contributed by atoms with Gasteiger partial charge in [-0.05, 0) is 25.3 Å². The quantitative estimate of drug-likeness (QED) is 0.852. The summed E-state index contributed by atoms with van der Waals surface area (Å²) in [5, 5.41) is 0. The number of piperidine rings is 1. The molecular weight excluding hydrogens is 346 g/mol. The van der Waals surface area contributed by atoms with E-state index >= 15 is 0 Å². The highest BCUT2D eigenvalue weighted by Gasteiger charge is 2.23. The lowest BCUT2D eigenvalue weighted by molar-refractivity contribution is 0.0718. The number of nitrogen functional groups attached to an aromatic ring is 1. The Morgan fingerprint density at radius 3 is 2.41 bits per heavy atom. The normalized spacial score (nSPS) is 17.8. The molecule has 0 aromatic carbocycles. The monoisotopic (exact) mass is 369 g/mol. The van der Waals surface area contributed by atoms with Crippen LogP contribution in [0, 0.1) is 0 Å². The molecule has 1 amide bonds. The molecule has 2 aromatic heterocycles. The van der Waals surface area contributed by atoms with Gasteiger partial charge in [0.05, 0.1) is 18.9 Å². The average molecular weight is 369 g/mol. The van der Waals surface area contributed by atoms with Gasteiger partial charge >= 0.3 is 0 Å². The highest BCUT2D eigenvalue weighted by atomic mass is 16.5. The van der Waals surface area contributed by atoms with Crippen LogP contribution in [0.25, 0.3) is 11.3 Å². The SMILES string of the molecule is Nc1ncc(-c2cc(C(=O)N3CCCCC3)nc(N3CCOCC3)n2)cn1. The van der Waals surface area contributed by atoms with E-state index in [-0.39, 0.29) is 11.9 Å². The highest BCUT2D eigenvalue weighted by molar-refractivity contribution is 5.93. The van der Waals surface area contributed by atoms with Crippen molar-refractivity contribution in [2.24, 2.45) is 0 Å². The summed E-state index contributed by atoms with van der Waals surface area (Å²) in [6.45, 7) is 4.17. The number of amides is 1. The Bertz CT molecular complexity index is 800. The molecule has 2 N–H and O–H groups in total. The fourth-order valence-electron chi connectivity index (χ4n) is 3.33. The highest BCUT2D eigenvalue weighted by Crippen LogP contribution is 2.22. The molecule has 0 unspecified atom stereocenters. The van der Waals surface area contributed by atoms with Crippen molar-refractivity contribution in [3.05, 3.63) is 24.2 Å². The van der Waals surface area contributed by atoms with Gasteiger partial charge in [-0.2, -0.15) is 0 Å². The van der Waals surface area contributed by atoms with E-state index in [2.05, 4.69) is 19.9 Å². The van der Waals surface area contributed by atoms with Crippen molar-refractivity contribution in [1.29, 1.82) is 0 Å². The Morgan fingerprint density at radius 2 is 1.70 bits per heavy atom. The Balaban J connectivity index is 1.71. The van der Waals surface area contributed by atoms with Crippen molar-refractivity contribution in [2.75, 3.05) is 50.0 Å². The third-order valence-corrected chi connectivity index (χ3v) is 4.84. The third-order valence-electron chi connectivity index (χ3n) is 4.84.